The number of halogens is 1. The molecule has 136 valence electrons. The number of benzene rings is 2. The summed E-state index contributed by atoms with van der Waals surface area (Å²) in [4.78, 5) is 17.0. The van der Waals surface area contributed by atoms with Crippen molar-refractivity contribution in [2.24, 2.45) is 0 Å². The van der Waals surface area contributed by atoms with Gasteiger partial charge in [-0.2, -0.15) is 0 Å². The molecule has 0 aliphatic rings. The van der Waals surface area contributed by atoms with E-state index in [1.807, 2.05) is 19.1 Å². The lowest BCUT2D eigenvalue weighted by Crippen LogP contribution is -2.27. The number of nitrogens with one attached hydrogen (secondary N) is 1. The zero-order chi connectivity index (χ0) is 19.0. The van der Waals surface area contributed by atoms with Crippen LogP contribution >= 0.6 is 0 Å². The topological polar surface area (TPSA) is 46.9 Å². The normalized spacial score (nSPS) is 11.2. The van der Waals surface area contributed by atoms with Crippen LogP contribution in [0.15, 0.2) is 54.6 Å². The molecule has 2 aromatic heterocycles. The minimum Gasteiger partial charge on any atom is -0.350 e. The number of pyridine rings is 1. The second-order valence-electron chi connectivity index (χ2n) is 6.71. The summed E-state index contributed by atoms with van der Waals surface area (Å²) < 4.78 is 15.2. The monoisotopic (exact) mass is 361 g/mol. The van der Waals surface area contributed by atoms with Crippen molar-refractivity contribution in [3.05, 3.63) is 77.2 Å². The lowest BCUT2D eigenvalue weighted by Gasteiger charge is -2.09. The second-order valence-corrected chi connectivity index (χ2v) is 6.71. The Kier molecular flexibility index (Phi) is 4.36. The van der Waals surface area contributed by atoms with Crippen molar-refractivity contribution in [3.63, 3.8) is 0 Å². The van der Waals surface area contributed by atoms with E-state index in [2.05, 4.69) is 35.0 Å². The Bertz CT molecular complexity index is 1150. The maximum Gasteiger partial charge on any atom is 0.251 e. The van der Waals surface area contributed by atoms with Crippen LogP contribution in [0.1, 0.15) is 21.6 Å². The van der Waals surface area contributed by atoms with Gasteiger partial charge in [-0.15, -0.1) is 0 Å². The SMILES string of the molecule is Cc1cc(C)c2c3ccccc3n(CCNC(=O)c3ccc(F)cc3)c2n1. The summed E-state index contributed by atoms with van der Waals surface area (Å²) in [7, 11) is 0. The molecule has 0 atom stereocenters. The Morgan fingerprint density at radius 1 is 1.11 bits per heavy atom. The zero-order valence-corrected chi connectivity index (χ0v) is 15.3. The molecule has 0 aliphatic heterocycles. The molecule has 1 N–H and O–H groups in total. The van der Waals surface area contributed by atoms with Crippen LogP contribution in [0.2, 0.25) is 0 Å². The average molecular weight is 361 g/mol. The van der Waals surface area contributed by atoms with E-state index in [9.17, 15) is 9.18 Å². The summed E-state index contributed by atoms with van der Waals surface area (Å²) in [5, 5.41) is 5.23. The first kappa shape index (κ1) is 17.2. The van der Waals surface area contributed by atoms with Crippen molar-refractivity contribution in [2.75, 3.05) is 6.54 Å². The Balaban J connectivity index is 1.63. The summed E-state index contributed by atoms with van der Waals surface area (Å²) in [5.74, 6) is -0.565. The predicted molar refractivity (Wildman–Crippen MR) is 105 cm³/mol. The second kappa shape index (κ2) is 6.83. The van der Waals surface area contributed by atoms with E-state index in [-0.39, 0.29) is 11.7 Å². The molecule has 0 spiro atoms. The average Bonchev–Trinajstić information content (AvgIpc) is 2.96. The van der Waals surface area contributed by atoms with Crippen molar-refractivity contribution in [1.82, 2.24) is 14.9 Å². The van der Waals surface area contributed by atoms with Gasteiger partial charge in [0, 0.05) is 35.1 Å². The zero-order valence-electron chi connectivity index (χ0n) is 15.3. The first-order valence-electron chi connectivity index (χ1n) is 8.93. The van der Waals surface area contributed by atoms with Gasteiger partial charge in [-0.1, -0.05) is 18.2 Å². The third kappa shape index (κ3) is 3.16. The lowest BCUT2D eigenvalue weighted by molar-refractivity contribution is 0.0952. The van der Waals surface area contributed by atoms with Crippen LogP contribution in [-0.2, 0) is 6.54 Å². The first-order valence-corrected chi connectivity index (χ1v) is 8.93. The quantitative estimate of drug-likeness (QED) is 0.586. The molecule has 0 saturated heterocycles. The van der Waals surface area contributed by atoms with Gasteiger partial charge in [0.25, 0.3) is 5.91 Å². The summed E-state index contributed by atoms with van der Waals surface area (Å²) in [6.07, 6.45) is 0. The predicted octanol–water partition coefficient (Wildman–Crippen LogP) is 4.38. The molecular weight excluding hydrogens is 341 g/mol. The Morgan fingerprint density at radius 2 is 1.85 bits per heavy atom. The summed E-state index contributed by atoms with van der Waals surface area (Å²) in [6, 6.07) is 15.9. The highest BCUT2D eigenvalue weighted by molar-refractivity contribution is 6.08. The summed E-state index contributed by atoms with van der Waals surface area (Å²) >= 11 is 0. The highest BCUT2D eigenvalue weighted by Crippen LogP contribution is 2.30. The number of rotatable bonds is 4. The van der Waals surface area contributed by atoms with Crippen LogP contribution < -0.4 is 5.32 Å². The summed E-state index contributed by atoms with van der Waals surface area (Å²) in [6.45, 7) is 5.15. The van der Waals surface area contributed by atoms with Gasteiger partial charge in [0.1, 0.15) is 11.5 Å². The molecule has 4 aromatic rings. The van der Waals surface area contributed by atoms with Crippen LogP contribution in [0.3, 0.4) is 0 Å². The van der Waals surface area contributed by atoms with Crippen molar-refractivity contribution in [1.29, 1.82) is 0 Å². The van der Waals surface area contributed by atoms with Gasteiger partial charge in [0.15, 0.2) is 0 Å². The largest absolute Gasteiger partial charge is 0.350 e. The molecule has 4 nitrogen and oxygen atoms in total. The van der Waals surface area contributed by atoms with Gasteiger partial charge in [0.05, 0.1) is 5.52 Å². The van der Waals surface area contributed by atoms with Gasteiger partial charge in [-0.05, 0) is 55.8 Å². The van der Waals surface area contributed by atoms with Crippen LogP contribution in [0.25, 0.3) is 21.9 Å². The number of carbonyl (C=O) groups is 1. The highest BCUT2D eigenvalue weighted by Gasteiger charge is 2.14. The van der Waals surface area contributed by atoms with Crippen molar-refractivity contribution in [2.45, 2.75) is 20.4 Å². The number of nitrogens with zero attached hydrogens (tertiary/aromatic N) is 2. The molecule has 2 heterocycles. The smallest absolute Gasteiger partial charge is 0.251 e. The van der Waals surface area contributed by atoms with E-state index >= 15 is 0 Å². The molecule has 0 aliphatic carbocycles. The maximum atomic E-state index is 13.0. The third-order valence-electron chi connectivity index (χ3n) is 4.77. The molecule has 0 radical (unpaired) electrons. The third-order valence-corrected chi connectivity index (χ3v) is 4.77. The number of aryl methyl sites for hydroxylation is 2. The van der Waals surface area contributed by atoms with Gasteiger partial charge < -0.3 is 9.88 Å². The number of hydrogen-bond acceptors (Lipinski definition) is 2. The maximum absolute atomic E-state index is 13.0. The number of fused-ring (bicyclic) bond motifs is 3. The molecule has 5 heteroatoms. The Hall–Kier alpha value is -3.21. The number of aromatic nitrogens is 2. The van der Waals surface area contributed by atoms with Crippen molar-refractivity contribution < 1.29 is 9.18 Å². The molecule has 2 aromatic carbocycles. The Morgan fingerprint density at radius 3 is 2.63 bits per heavy atom. The summed E-state index contributed by atoms with van der Waals surface area (Å²) in [5.41, 5.74) is 4.65. The van der Waals surface area contributed by atoms with Crippen molar-refractivity contribution >= 4 is 27.8 Å². The molecule has 1 amide bonds. The standard InChI is InChI=1S/C22H20FN3O/c1-14-13-15(2)25-21-20(14)18-5-3-4-6-19(18)26(21)12-11-24-22(27)16-7-9-17(23)10-8-16/h3-10,13H,11-12H2,1-2H3,(H,24,27). The van der Waals surface area contributed by atoms with E-state index in [4.69, 9.17) is 4.98 Å². The number of carbonyl (C=O) groups excluding carboxylic acids is 1. The molecule has 4 rings (SSSR count). The van der Waals surface area contributed by atoms with E-state index in [1.54, 1.807) is 0 Å². The fourth-order valence-corrected chi connectivity index (χ4v) is 3.59. The van der Waals surface area contributed by atoms with Gasteiger partial charge in [0.2, 0.25) is 0 Å². The van der Waals surface area contributed by atoms with Crippen LogP contribution in [0, 0.1) is 19.7 Å². The van der Waals surface area contributed by atoms with E-state index < -0.39 is 0 Å². The lowest BCUT2D eigenvalue weighted by atomic mass is 10.1. The molecule has 0 bridgehead atoms. The molecule has 0 unspecified atom stereocenters. The number of amides is 1. The number of para-hydroxylation sites is 1. The minimum atomic E-state index is -0.353. The van der Waals surface area contributed by atoms with Crippen molar-refractivity contribution in [3.8, 4) is 0 Å². The highest BCUT2D eigenvalue weighted by atomic mass is 19.1. The molecule has 0 fully saturated rings. The van der Waals surface area contributed by atoms with E-state index in [0.29, 0.717) is 18.7 Å². The fraction of sp³-hybridized carbons (Fsp3) is 0.182. The van der Waals surface area contributed by atoms with Crippen LogP contribution in [0.4, 0.5) is 4.39 Å². The minimum absolute atomic E-state index is 0.212. The number of hydrogen-bond donors (Lipinski definition) is 1. The van der Waals surface area contributed by atoms with E-state index in [0.717, 1.165) is 22.2 Å². The molecule has 27 heavy (non-hydrogen) atoms. The Labute approximate surface area is 156 Å². The fourth-order valence-electron chi connectivity index (χ4n) is 3.59. The van der Waals surface area contributed by atoms with Gasteiger partial charge in [-0.25, -0.2) is 9.37 Å². The molecular formula is C22H20FN3O. The van der Waals surface area contributed by atoms with Crippen LogP contribution in [0.5, 0.6) is 0 Å². The molecule has 0 saturated carbocycles. The van der Waals surface area contributed by atoms with Gasteiger partial charge in [-0.3, -0.25) is 4.79 Å². The van der Waals surface area contributed by atoms with Crippen LogP contribution in [-0.4, -0.2) is 22.0 Å². The van der Waals surface area contributed by atoms with Gasteiger partial charge >= 0.3 is 0 Å². The first-order chi connectivity index (χ1) is 13.0. The van der Waals surface area contributed by atoms with E-state index in [1.165, 1.54) is 35.2 Å².